The molecule has 1 heterocycles. The van der Waals surface area contributed by atoms with Crippen molar-refractivity contribution in [3.05, 3.63) is 90.0 Å². The Kier molecular flexibility index (Phi) is 5.53. The van der Waals surface area contributed by atoms with Crippen LogP contribution in [0.4, 0.5) is 11.4 Å². The summed E-state index contributed by atoms with van der Waals surface area (Å²) in [6.45, 7) is 2.10. The second-order valence-corrected chi connectivity index (χ2v) is 7.28. The Morgan fingerprint density at radius 3 is 2.43 bits per heavy atom. The molecule has 152 valence electrons. The number of hydrogen-bond acceptors (Lipinski definition) is 3. The molecule has 0 radical (unpaired) electrons. The average molecular weight is 400 g/mol. The number of methoxy groups -OCH3 is 1. The van der Waals surface area contributed by atoms with Crippen LogP contribution in [0.25, 0.3) is 0 Å². The first kappa shape index (κ1) is 19.7. The number of amides is 2. The third-order valence-electron chi connectivity index (χ3n) is 5.46. The fourth-order valence-electron chi connectivity index (χ4n) is 4.10. The lowest BCUT2D eigenvalue weighted by molar-refractivity contribution is -0.117. The maximum Gasteiger partial charge on any atom is 0.258 e. The van der Waals surface area contributed by atoms with E-state index in [1.165, 1.54) is 0 Å². The van der Waals surface area contributed by atoms with E-state index in [9.17, 15) is 9.59 Å². The number of anilines is 2. The minimum absolute atomic E-state index is 0.0303. The Bertz CT molecular complexity index is 1060. The van der Waals surface area contributed by atoms with Crippen LogP contribution >= 0.6 is 0 Å². The molecule has 0 fully saturated rings. The van der Waals surface area contributed by atoms with Crippen molar-refractivity contribution >= 4 is 23.2 Å². The molecule has 0 saturated heterocycles. The first-order chi connectivity index (χ1) is 14.6. The normalized spacial score (nSPS) is 15.3. The first-order valence-corrected chi connectivity index (χ1v) is 10.00. The van der Waals surface area contributed by atoms with Crippen LogP contribution in [0.3, 0.4) is 0 Å². The van der Waals surface area contributed by atoms with Gasteiger partial charge in [0.2, 0.25) is 5.91 Å². The lowest BCUT2D eigenvalue weighted by atomic mass is 9.93. The van der Waals surface area contributed by atoms with Crippen LogP contribution in [0.15, 0.2) is 78.9 Å². The highest BCUT2D eigenvalue weighted by Crippen LogP contribution is 2.40. The van der Waals surface area contributed by atoms with Gasteiger partial charge in [-0.2, -0.15) is 0 Å². The van der Waals surface area contributed by atoms with Gasteiger partial charge in [0.1, 0.15) is 5.75 Å². The number of rotatable bonds is 4. The van der Waals surface area contributed by atoms with Crippen LogP contribution in [0.5, 0.6) is 5.75 Å². The fourth-order valence-corrected chi connectivity index (χ4v) is 4.10. The molecule has 0 aliphatic carbocycles. The molecule has 0 saturated carbocycles. The molecule has 1 unspecified atom stereocenters. The second kappa shape index (κ2) is 8.41. The predicted molar refractivity (Wildman–Crippen MR) is 118 cm³/mol. The monoisotopic (exact) mass is 400 g/mol. The number of nitrogens with zero attached hydrogens (tertiary/aromatic N) is 2. The Labute approximate surface area is 176 Å². The molecular formula is C25H24N2O3. The fraction of sp³-hybridized carbons (Fsp3) is 0.200. The van der Waals surface area contributed by atoms with Gasteiger partial charge >= 0.3 is 0 Å². The van der Waals surface area contributed by atoms with E-state index in [1.54, 1.807) is 18.9 Å². The van der Waals surface area contributed by atoms with Crippen LogP contribution in [-0.4, -0.2) is 25.5 Å². The predicted octanol–water partition coefficient (Wildman–Crippen LogP) is 4.84. The Balaban J connectivity index is 1.74. The first-order valence-electron chi connectivity index (χ1n) is 10.00. The van der Waals surface area contributed by atoms with Gasteiger partial charge < -0.3 is 14.5 Å². The summed E-state index contributed by atoms with van der Waals surface area (Å²) in [4.78, 5) is 29.5. The SMILES string of the molecule is COc1cccc(N(C(C)=O)C2CCN(C(=O)c3ccccc3)c3ccccc32)c1. The standard InChI is InChI=1S/C25H24N2O3/c1-18(28)27(20-11-8-12-21(17-20)30-2)24-15-16-26(23-14-7-6-13-22(23)24)25(29)19-9-4-3-5-10-19/h3-14,17,24H,15-16H2,1-2H3. The van der Waals surface area contributed by atoms with E-state index >= 15 is 0 Å². The van der Waals surface area contributed by atoms with Crippen molar-refractivity contribution in [1.29, 1.82) is 0 Å². The highest BCUT2D eigenvalue weighted by atomic mass is 16.5. The Hall–Kier alpha value is -3.60. The summed E-state index contributed by atoms with van der Waals surface area (Å²) < 4.78 is 5.35. The number of carbonyl (C=O) groups excluding carboxylic acids is 2. The molecule has 0 N–H and O–H groups in total. The van der Waals surface area contributed by atoms with Crippen molar-refractivity contribution < 1.29 is 14.3 Å². The summed E-state index contributed by atoms with van der Waals surface area (Å²) in [5.41, 5.74) is 3.24. The van der Waals surface area contributed by atoms with E-state index in [-0.39, 0.29) is 17.9 Å². The second-order valence-electron chi connectivity index (χ2n) is 7.28. The van der Waals surface area contributed by atoms with Crippen LogP contribution in [0.2, 0.25) is 0 Å². The van der Waals surface area contributed by atoms with E-state index in [0.717, 1.165) is 16.9 Å². The summed E-state index contributed by atoms with van der Waals surface area (Å²) in [6, 6.07) is 24.5. The quantitative estimate of drug-likeness (QED) is 0.630. The van der Waals surface area contributed by atoms with Gasteiger partial charge in [-0.3, -0.25) is 9.59 Å². The smallest absolute Gasteiger partial charge is 0.258 e. The van der Waals surface area contributed by atoms with Gasteiger partial charge in [0.25, 0.3) is 5.91 Å². The zero-order chi connectivity index (χ0) is 21.1. The van der Waals surface area contributed by atoms with Crippen LogP contribution in [0, 0.1) is 0 Å². The van der Waals surface area contributed by atoms with Crippen molar-refractivity contribution in [2.45, 2.75) is 19.4 Å². The lowest BCUT2D eigenvalue weighted by Crippen LogP contribution is -2.42. The third kappa shape index (κ3) is 3.66. The number of benzene rings is 3. The average Bonchev–Trinajstić information content (AvgIpc) is 2.79. The van der Waals surface area contributed by atoms with Gasteiger partial charge in [0, 0.05) is 36.5 Å². The van der Waals surface area contributed by atoms with Crippen LogP contribution in [0.1, 0.15) is 35.3 Å². The van der Waals surface area contributed by atoms with Gasteiger partial charge in [0.05, 0.1) is 13.2 Å². The molecule has 3 aromatic rings. The number of ether oxygens (including phenoxy) is 1. The molecule has 3 aromatic carbocycles. The maximum absolute atomic E-state index is 13.2. The molecule has 0 spiro atoms. The highest BCUT2D eigenvalue weighted by Gasteiger charge is 2.34. The molecule has 0 aromatic heterocycles. The molecule has 1 aliphatic rings. The molecule has 5 heteroatoms. The molecule has 1 aliphatic heterocycles. The van der Waals surface area contributed by atoms with Crippen LogP contribution in [-0.2, 0) is 4.79 Å². The molecule has 0 bridgehead atoms. The Morgan fingerprint density at radius 1 is 0.967 bits per heavy atom. The van der Waals surface area contributed by atoms with Gasteiger partial charge in [0.15, 0.2) is 0 Å². The highest BCUT2D eigenvalue weighted by molar-refractivity contribution is 6.07. The van der Waals surface area contributed by atoms with Crippen molar-refractivity contribution in [2.24, 2.45) is 0 Å². The topological polar surface area (TPSA) is 49.9 Å². The van der Waals surface area contributed by atoms with Crippen molar-refractivity contribution in [1.82, 2.24) is 0 Å². The van der Waals surface area contributed by atoms with Gasteiger partial charge in [-0.05, 0) is 42.3 Å². The van der Waals surface area contributed by atoms with Gasteiger partial charge in [-0.25, -0.2) is 0 Å². The van der Waals surface area contributed by atoms with Crippen LogP contribution < -0.4 is 14.5 Å². The van der Waals surface area contributed by atoms with Gasteiger partial charge in [-0.15, -0.1) is 0 Å². The molecule has 2 amide bonds. The molecular weight excluding hydrogens is 376 g/mol. The summed E-state index contributed by atoms with van der Waals surface area (Å²) >= 11 is 0. The number of fused-ring (bicyclic) bond motifs is 1. The summed E-state index contributed by atoms with van der Waals surface area (Å²) in [5.74, 6) is 0.617. The number of carbonyl (C=O) groups is 2. The van der Waals surface area contributed by atoms with Crippen molar-refractivity contribution in [3.63, 3.8) is 0 Å². The van der Waals surface area contributed by atoms with E-state index in [2.05, 4.69) is 0 Å². The molecule has 5 nitrogen and oxygen atoms in total. The summed E-state index contributed by atoms with van der Waals surface area (Å²) in [7, 11) is 1.61. The van der Waals surface area contributed by atoms with E-state index < -0.39 is 0 Å². The van der Waals surface area contributed by atoms with E-state index in [0.29, 0.717) is 24.3 Å². The molecule has 1 atom stereocenters. The van der Waals surface area contributed by atoms with Crippen molar-refractivity contribution in [2.75, 3.05) is 23.5 Å². The van der Waals surface area contributed by atoms with E-state index in [1.807, 2.05) is 83.8 Å². The third-order valence-corrected chi connectivity index (χ3v) is 5.46. The minimum atomic E-state index is -0.161. The zero-order valence-electron chi connectivity index (χ0n) is 17.1. The number of hydrogen-bond donors (Lipinski definition) is 0. The largest absolute Gasteiger partial charge is 0.497 e. The summed E-state index contributed by atoms with van der Waals surface area (Å²) in [5, 5.41) is 0. The summed E-state index contributed by atoms with van der Waals surface area (Å²) in [6.07, 6.45) is 0.645. The zero-order valence-corrected chi connectivity index (χ0v) is 17.1. The molecule has 4 rings (SSSR count). The Morgan fingerprint density at radius 2 is 1.70 bits per heavy atom. The van der Waals surface area contributed by atoms with E-state index in [4.69, 9.17) is 4.74 Å². The maximum atomic E-state index is 13.2. The number of para-hydroxylation sites is 1. The van der Waals surface area contributed by atoms with Crippen molar-refractivity contribution in [3.8, 4) is 5.75 Å². The minimum Gasteiger partial charge on any atom is -0.497 e. The molecule has 30 heavy (non-hydrogen) atoms. The lowest BCUT2D eigenvalue weighted by Gasteiger charge is -2.39. The van der Waals surface area contributed by atoms with Gasteiger partial charge in [-0.1, -0.05) is 42.5 Å².